The monoisotopic (exact) mass is 384 g/mol. The highest BCUT2D eigenvalue weighted by Crippen LogP contribution is 2.14. The third-order valence-electron chi connectivity index (χ3n) is 5.09. The molecule has 2 aromatic rings. The maximum Gasteiger partial charge on any atom is 0.191 e. The zero-order chi connectivity index (χ0) is 19.6. The lowest BCUT2D eigenvalue weighted by molar-refractivity contribution is 0.0792. The van der Waals surface area contributed by atoms with E-state index >= 15 is 0 Å². The second-order valence-electron chi connectivity index (χ2n) is 7.30. The smallest absolute Gasteiger partial charge is 0.191 e. The quantitative estimate of drug-likeness (QED) is 0.366. The van der Waals surface area contributed by atoms with Crippen molar-refractivity contribution in [2.24, 2.45) is 4.99 Å². The highest BCUT2D eigenvalue weighted by molar-refractivity contribution is 5.79. The molecule has 0 spiro atoms. The van der Waals surface area contributed by atoms with Gasteiger partial charge in [0.2, 0.25) is 0 Å². The van der Waals surface area contributed by atoms with Gasteiger partial charge in [0.25, 0.3) is 0 Å². The van der Waals surface area contributed by atoms with Crippen LogP contribution in [-0.4, -0.2) is 58.5 Å². The zero-order valence-electron chi connectivity index (χ0n) is 16.7. The van der Waals surface area contributed by atoms with E-state index < -0.39 is 0 Å². The Labute approximate surface area is 167 Å². The molecule has 3 rings (SSSR count). The van der Waals surface area contributed by atoms with Crippen LogP contribution in [0.5, 0.6) is 0 Å². The summed E-state index contributed by atoms with van der Waals surface area (Å²) < 4.78 is 1.94. The van der Waals surface area contributed by atoms with Crippen LogP contribution >= 0.6 is 0 Å². The van der Waals surface area contributed by atoms with E-state index in [1.807, 2.05) is 16.9 Å². The summed E-state index contributed by atoms with van der Waals surface area (Å²) in [5.74, 6) is 0.816. The van der Waals surface area contributed by atoms with Crippen molar-refractivity contribution in [1.82, 2.24) is 25.3 Å². The highest BCUT2D eigenvalue weighted by atomic mass is 16.3. The molecule has 0 bridgehead atoms. The van der Waals surface area contributed by atoms with Gasteiger partial charge in [-0.3, -0.25) is 14.6 Å². The number of likely N-dealkylation sites (tertiary alicyclic amines) is 1. The summed E-state index contributed by atoms with van der Waals surface area (Å²) in [7, 11) is 1.79. The SMILES string of the molecule is CN=C(NCCCn1cccn1)NCc1ccc(CN2CCC(O)CC2)cc1. The molecule has 1 aliphatic heterocycles. The molecule has 0 radical (unpaired) electrons. The average molecular weight is 385 g/mol. The van der Waals surface area contributed by atoms with Crippen molar-refractivity contribution in [3.05, 3.63) is 53.9 Å². The van der Waals surface area contributed by atoms with Crippen LogP contribution in [0.4, 0.5) is 0 Å². The molecule has 152 valence electrons. The van der Waals surface area contributed by atoms with E-state index in [-0.39, 0.29) is 6.10 Å². The Balaban J connectivity index is 1.35. The summed E-state index contributed by atoms with van der Waals surface area (Å²) in [5, 5.41) is 20.5. The van der Waals surface area contributed by atoms with Gasteiger partial charge in [0.15, 0.2) is 5.96 Å². The van der Waals surface area contributed by atoms with Gasteiger partial charge in [-0.1, -0.05) is 24.3 Å². The second-order valence-corrected chi connectivity index (χ2v) is 7.30. The molecule has 28 heavy (non-hydrogen) atoms. The largest absolute Gasteiger partial charge is 0.393 e. The molecule has 1 saturated heterocycles. The number of aliphatic hydroxyl groups is 1. The van der Waals surface area contributed by atoms with Gasteiger partial charge in [0.1, 0.15) is 0 Å². The van der Waals surface area contributed by atoms with E-state index in [1.165, 1.54) is 11.1 Å². The summed E-state index contributed by atoms with van der Waals surface area (Å²) in [4.78, 5) is 6.70. The van der Waals surface area contributed by atoms with Gasteiger partial charge >= 0.3 is 0 Å². The van der Waals surface area contributed by atoms with Crippen LogP contribution in [-0.2, 0) is 19.6 Å². The summed E-state index contributed by atoms with van der Waals surface area (Å²) in [6, 6.07) is 10.7. The molecule has 1 aromatic carbocycles. The first-order valence-corrected chi connectivity index (χ1v) is 10.1. The van der Waals surface area contributed by atoms with E-state index in [2.05, 4.69) is 49.9 Å². The molecule has 1 fully saturated rings. The number of rotatable bonds is 8. The fraction of sp³-hybridized carbons (Fsp3) is 0.524. The summed E-state index contributed by atoms with van der Waals surface area (Å²) in [6.45, 7) is 5.41. The lowest BCUT2D eigenvalue weighted by Crippen LogP contribution is -2.37. The van der Waals surface area contributed by atoms with E-state index in [1.54, 1.807) is 13.2 Å². The number of nitrogens with one attached hydrogen (secondary N) is 2. The molecule has 0 atom stereocenters. The minimum atomic E-state index is -0.113. The number of guanidine groups is 1. The normalized spacial score (nSPS) is 16.3. The third-order valence-corrected chi connectivity index (χ3v) is 5.09. The van der Waals surface area contributed by atoms with Crippen LogP contribution < -0.4 is 10.6 Å². The van der Waals surface area contributed by atoms with Crippen LogP contribution in [0, 0.1) is 0 Å². The van der Waals surface area contributed by atoms with Gasteiger partial charge in [0.05, 0.1) is 6.10 Å². The first kappa shape index (κ1) is 20.4. The first-order chi connectivity index (χ1) is 13.7. The molecule has 1 aromatic heterocycles. The fourth-order valence-electron chi connectivity index (χ4n) is 3.39. The summed E-state index contributed by atoms with van der Waals surface area (Å²) in [5.41, 5.74) is 2.55. The van der Waals surface area contributed by atoms with Gasteiger partial charge in [-0.05, 0) is 36.5 Å². The fourth-order valence-corrected chi connectivity index (χ4v) is 3.39. The summed E-state index contributed by atoms with van der Waals surface area (Å²) >= 11 is 0. The van der Waals surface area contributed by atoms with E-state index in [0.29, 0.717) is 0 Å². The molecule has 0 saturated carbocycles. The molecule has 7 nitrogen and oxygen atoms in total. The number of aryl methyl sites for hydroxylation is 1. The van der Waals surface area contributed by atoms with Gasteiger partial charge in [-0.2, -0.15) is 5.10 Å². The molecular weight excluding hydrogens is 352 g/mol. The molecule has 0 amide bonds. The predicted octanol–water partition coefficient (Wildman–Crippen LogP) is 1.60. The Morgan fingerprint density at radius 1 is 1.18 bits per heavy atom. The zero-order valence-corrected chi connectivity index (χ0v) is 16.7. The van der Waals surface area contributed by atoms with Gasteiger partial charge in [-0.15, -0.1) is 0 Å². The number of nitrogens with zero attached hydrogens (tertiary/aromatic N) is 4. The first-order valence-electron chi connectivity index (χ1n) is 10.1. The maximum atomic E-state index is 9.61. The Kier molecular flexibility index (Phi) is 7.87. The molecule has 0 aliphatic carbocycles. The lowest BCUT2D eigenvalue weighted by Gasteiger charge is -2.29. The van der Waals surface area contributed by atoms with E-state index in [4.69, 9.17) is 0 Å². The van der Waals surface area contributed by atoms with Gasteiger partial charge in [0, 0.05) is 58.7 Å². The molecular formula is C21H32N6O. The van der Waals surface area contributed by atoms with Crippen molar-refractivity contribution in [3.63, 3.8) is 0 Å². The Hall–Kier alpha value is -2.38. The van der Waals surface area contributed by atoms with Crippen LogP contribution in [0.3, 0.4) is 0 Å². The number of aromatic nitrogens is 2. The Bertz CT molecular complexity index is 705. The van der Waals surface area contributed by atoms with Crippen LogP contribution in [0.25, 0.3) is 0 Å². The lowest BCUT2D eigenvalue weighted by atomic mass is 10.1. The standard InChI is InChI=1S/C21H32N6O/c1-22-21(23-10-2-12-27-13-3-11-25-27)24-16-18-4-6-19(7-5-18)17-26-14-8-20(28)9-15-26/h3-7,11,13,20,28H,2,8-10,12,14-17H2,1H3,(H2,22,23,24). The van der Waals surface area contributed by atoms with E-state index in [0.717, 1.165) is 64.5 Å². The number of hydrogen-bond acceptors (Lipinski definition) is 4. The van der Waals surface area contributed by atoms with Gasteiger partial charge in [-0.25, -0.2) is 0 Å². The minimum Gasteiger partial charge on any atom is -0.393 e. The highest BCUT2D eigenvalue weighted by Gasteiger charge is 2.16. The molecule has 1 aliphatic rings. The maximum absolute atomic E-state index is 9.61. The topological polar surface area (TPSA) is 77.7 Å². The van der Waals surface area contributed by atoms with Crippen LogP contribution in [0.1, 0.15) is 30.4 Å². The van der Waals surface area contributed by atoms with E-state index in [9.17, 15) is 5.11 Å². The van der Waals surface area contributed by atoms with Crippen molar-refractivity contribution < 1.29 is 5.11 Å². The molecule has 7 heteroatoms. The number of aliphatic imine (C=N–C) groups is 1. The van der Waals surface area contributed by atoms with Crippen LogP contribution in [0.2, 0.25) is 0 Å². The Morgan fingerprint density at radius 2 is 1.93 bits per heavy atom. The summed E-state index contributed by atoms with van der Waals surface area (Å²) in [6.07, 6.45) is 6.43. The molecule has 3 N–H and O–H groups in total. The van der Waals surface area contributed by atoms with Crippen molar-refractivity contribution in [1.29, 1.82) is 0 Å². The van der Waals surface area contributed by atoms with Crippen molar-refractivity contribution in [3.8, 4) is 0 Å². The Morgan fingerprint density at radius 3 is 2.61 bits per heavy atom. The molecule has 2 heterocycles. The number of hydrogen-bond donors (Lipinski definition) is 3. The number of piperidine rings is 1. The van der Waals surface area contributed by atoms with Crippen LogP contribution in [0.15, 0.2) is 47.7 Å². The number of benzene rings is 1. The van der Waals surface area contributed by atoms with Crippen molar-refractivity contribution in [2.75, 3.05) is 26.7 Å². The number of aliphatic hydroxyl groups excluding tert-OH is 1. The minimum absolute atomic E-state index is 0.113. The average Bonchev–Trinajstić information content (AvgIpc) is 3.24. The van der Waals surface area contributed by atoms with Crippen molar-refractivity contribution >= 4 is 5.96 Å². The van der Waals surface area contributed by atoms with Crippen molar-refractivity contribution in [2.45, 2.75) is 45.0 Å². The second kappa shape index (κ2) is 10.8. The third kappa shape index (κ3) is 6.65. The molecule has 0 unspecified atom stereocenters. The van der Waals surface area contributed by atoms with Gasteiger partial charge < -0.3 is 15.7 Å². The predicted molar refractivity (Wildman–Crippen MR) is 112 cm³/mol.